The predicted octanol–water partition coefficient (Wildman–Crippen LogP) is 4.61. The minimum atomic E-state index is -4.06. The Morgan fingerprint density at radius 3 is 2.38 bits per heavy atom. The van der Waals surface area contributed by atoms with Gasteiger partial charge in [0.1, 0.15) is 6.54 Å². The highest BCUT2D eigenvalue weighted by atomic mass is 79.9. The van der Waals surface area contributed by atoms with Gasteiger partial charge in [-0.15, -0.1) is 0 Å². The standard InChI is InChI=1S/C27H23BrN4O4S/c28-21-9-6-10-22(16-21)32(37(35,36)23-11-2-1-3-12-23)19-26(33)31-25-14-5-4-13-24(25)27(34)30-18-20-8-7-15-29-17-20/h1-17H,18-19H2,(H,30,34)(H,31,33). The normalized spacial score (nSPS) is 10.9. The molecule has 0 aliphatic heterocycles. The summed E-state index contributed by atoms with van der Waals surface area (Å²) in [6.45, 7) is -0.236. The number of hydrogen-bond donors (Lipinski definition) is 2. The minimum Gasteiger partial charge on any atom is -0.348 e. The van der Waals surface area contributed by atoms with E-state index in [0.717, 1.165) is 9.87 Å². The molecule has 4 rings (SSSR count). The van der Waals surface area contributed by atoms with Crippen LogP contribution in [0.3, 0.4) is 0 Å². The first kappa shape index (κ1) is 26.1. The Labute approximate surface area is 223 Å². The Bertz CT molecular complexity index is 1500. The number of pyridine rings is 1. The van der Waals surface area contributed by atoms with E-state index in [9.17, 15) is 18.0 Å². The van der Waals surface area contributed by atoms with Crippen molar-refractivity contribution >= 4 is 49.1 Å². The van der Waals surface area contributed by atoms with Crippen LogP contribution in [0.15, 0.2) is 113 Å². The molecule has 0 spiro atoms. The lowest BCUT2D eigenvalue weighted by Crippen LogP contribution is -2.38. The molecule has 0 saturated heterocycles. The number of benzene rings is 3. The van der Waals surface area contributed by atoms with Crippen molar-refractivity contribution in [2.24, 2.45) is 0 Å². The van der Waals surface area contributed by atoms with Gasteiger partial charge in [0.25, 0.3) is 15.9 Å². The molecule has 0 radical (unpaired) electrons. The monoisotopic (exact) mass is 578 g/mol. The summed E-state index contributed by atoms with van der Waals surface area (Å²) in [6.07, 6.45) is 3.29. The first-order chi connectivity index (χ1) is 17.8. The molecule has 188 valence electrons. The average molecular weight is 579 g/mol. The lowest BCUT2D eigenvalue weighted by molar-refractivity contribution is -0.114. The first-order valence-electron chi connectivity index (χ1n) is 11.2. The Balaban J connectivity index is 1.56. The summed E-state index contributed by atoms with van der Waals surface area (Å²) in [5, 5.41) is 5.50. The van der Waals surface area contributed by atoms with Crippen molar-refractivity contribution in [2.45, 2.75) is 11.4 Å². The second-order valence-electron chi connectivity index (χ2n) is 7.94. The van der Waals surface area contributed by atoms with Crippen molar-refractivity contribution in [1.29, 1.82) is 0 Å². The van der Waals surface area contributed by atoms with Crippen LogP contribution in [-0.4, -0.2) is 31.8 Å². The van der Waals surface area contributed by atoms with E-state index in [1.165, 1.54) is 12.1 Å². The maximum atomic E-state index is 13.5. The highest BCUT2D eigenvalue weighted by Crippen LogP contribution is 2.26. The average Bonchev–Trinajstić information content (AvgIpc) is 2.91. The fraction of sp³-hybridized carbons (Fsp3) is 0.0741. The molecule has 1 heterocycles. The number of sulfonamides is 1. The van der Waals surface area contributed by atoms with Gasteiger partial charge < -0.3 is 10.6 Å². The topological polar surface area (TPSA) is 108 Å². The number of para-hydroxylation sites is 1. The van der Waals surface area contributed by atoms with Crippen LogP contribution in [0, 0.1) is 0 Å². The van der Waals surface area contributed by atoms with E-state index in [0.29, 0.717) is 10.2 Å². The summed E-state index contributed by atoms with van der Waals surface area (Å²) < 4.78 is 28.7. The van der Waals surface area contributed by atoms with E-state index >= 15 is 0 Å². The lowest BCUT2D eigenvalue weighted by atomic mass is 10.1. The van der Waals surface area contributed by atoms with Crippen molar-refractivity contribution in [3.05, 3.63) is 119 Å². The van der Waals surface area contributed by atoms with Gasteiger partial charge in [-0.25, -0.2) is 8.42 Å². The molecule has 0 aliphatic rings. The molecule has 2 amide bonds. The molecule has 0 atom stereocenters. The van der Waals surface area contributed by atoms with E-state index in [4.69, 9.17) is 0 Å². The number of amides is 2. The summed E-state index contributed by atoms with van der Waals surface area (Å²) in [4.78, 5) is 30.1. The fourth-order valence-corrected chi connectivity index (χ4v) is 5.38. The van der Waals surface area contributed by atoms with Crippen LogP contribution in [0.5, 0.6) is 0 Å². The summed E-state index contributed by atoms with van der Waals surface area (Å²) in [7, 11) is -4.06. The largest absolute Gasteiger partial charge is 0.348 e. The number of nitrogens with one attached hydrogen (secondary N) is 2. The summed E-state index contributed by atoms with van der Waals surface area (Å²) in [6, 6.07) is 24.7. The quantitative estimate of drug-likeness (QED) is 0.301. The van der Waals surface area contributed by atoms with Gasteiger partial charge in [-0.3, -0.25) is 18.9 Å². The lowest BCUT2D eigenvalue weighted by Gasteiger charge is -2.24. The predicted molar refractivity (Wildman–Crippen MR) is 146 cm³/mol. The van der Waals surface area contributed by atoms with E-state index in [2.05, 4.69) is 31.5 Å². The van der Waals surface area contributed by atoms with Crippen molar-refractivity contribution in [3.63, 3.8) is 0 Å². The molecule has 0 aliphatic carbocycles. The number of nitrogens with zero attached hydrogens (tertiary/aromatic N) is 2. The smallest absolute Gasteiger partial charge is 0.264 e. The molecule has 0 saturated carbocycles. The molecule has 37 heavy (non-hydrogen) atoms. The second-order valence-corrected chi connectivity index (χ2v) is 10.7. The van der Waals surface area contributed by atoms with Crippen molar-refractivity contribution < 1.29 is 18.0 Å². The van der Waals surface area contributed by atoms with Crippen molar-refractivity contribution in [3.8, 4) is 0 Å². The van der Waals surface area contributed by atoms with Crippen molar-refractivity contribution in [1.82, 2.24) is 10.3 Å². The van der Waals surface area contributed by atoms with E-state index in [1.54, 1.807) is 85.2 Å². The molecule has 2 N–H and O–H groups in total. The molecular formula is C27H23BrN4O4S. The third kappa shape index (κ3) is 6.60. The van der Waals surface area contributed by atoms with Gasteiger partial charge in [-0.2, -0.15) is 0 Å². The van der Waals surface area contributed by atoms with E-state index < -0.39 is 22.5 Å². The number of halogens is 1. The zero-order valence-electron chi connectivity index (χ0n) is 19.5. The maximum absolute atomic E-state index is 13.5. The van der Waals surface area contributed by atoms with Gasteiger partial charge >= 0.3 is 0 Å². The molecule has 10 heteroatoms. The van der Waals surface area contributed by atoms with E-state index in [1.807, 2.05) is 6.07 Å². The molecule has 0 bridgehead atoms. The summed E-state index contributed by atoms with van der Waals surface area (Å²) >= 11 is 3.36. The van der Waals surface area contributed by atoms with Crippen LogP contribution < -0.4 is 14.9 Å². The number of carbonyl (C=O) groups is 2. The molecule has 0 fully saturated rings. The molecule has 1 aromatic heterocycles. The first-order valence-corrected chi connectivity index (χ1v) is 13.5. The molecular weight excluding hydrogens is 556 g/mol. The number of aromatic nitrogens is 1. The number of hydrogen-bond acceptors (Lipinski definition) is 5. The zero-order valence-corrected chi connectivity index (χ0v) is 21.9. The summed E-state index contributed by atoms with van der Waals surface area (Å²) in [5.41, 5.74) is 1.66. The molecule has 4 aromatic rings. The maximum Gasteiger partial charge on any atom is 0.264 e. The van der Waals surface area contributed by atoms with Gasteiger partial charge in [-0.1, -0.05) is 58.4 Å². The summed E-state index contributed by atoms with van der Waals surface area (Å²) in [5.74, 6) is -0.993. The third-order valence-corrected chi connectivity index (χ3v) is 7.62. The number of carbonyl (C=O) groups excluding carboxylic acids is 2. The Morgan fingerprint density at radius 1 is 0.892 bits per heavy atom. The molecule has 3 aromatic carbocycles. The van der Waals surface area contributed by atoms with Gasteiger partial charge in [-0.05, 0) is 54.1 Å². The van der Waals surface area contributed by atoms with Gasteiger partial charge in [0.05, 0.1) is 21.8 Å². The minimum absolute atomic E-state index is 0.0537. The zero-order chi connectivity index (χ0) is 26.3. The third-order valence-electron chi connectivity index (χ3n) is 5.34. The van der Waals surface area contributed by atoms with Crippen LogP contribution in [-0.2, 0) is 21.4 Å². The highest BCUT2D eigenvalue weighted by Gasteiger charge is 2.27. The molecule has 8 nitrogen and oxygen atoms in total. The Hall–Kier alpha value is -4.02. The molecule has 0 unspecified atom stereocenters. The Morgan fingerprint density at radius 2 is 1.65 bits per heavy atom. The second kappa shape index (κ2) is 11.8. The number of rotatable bonds is 9. The highest BCUT2D eigenvalue weighted by molar-refractivity contribution is 9.10. The SMILES string of the molecule is O=C(CN(c1cccc(Br)c1)S(=O)(=O)c1ccccc1)Nc1ccccc1C(=O)NCc1cccnc1. The van der Waals surface area contributed by atoms with Gasteiger partial charge in [0.2, 0.25) is 5.91 Å². The van der Waals surface area contributed by atoms with Crippen LogP contribution in [0.4, 0.5) is 11.4 Å². The van der Waals surface area contributed by atoms with Crippen molar-refractivity contribution in [2.75, 3.05) is 16.2 Å². The van der Waals surface area contributed by atoms with Gasteiger partial charge in [0.15, 0.2) is 0 Å². The van der Waals surface area contributed by atoms with Crippen LogP contribution in [0.25, 0.3) is 0 Å². The van der Waals surface area contributed by atoms with Crippen LogP contribution in [0.2, 0.25) is 0 Å². The van der Waals surface area contributed by atoms with Crippen LogP contribution in [0.1, 0.15) is 15.9 Å². The Kier molecular flexibility index (Phi) is 8.32. The van der Waals surface area contributed by atoms with Gasteiger partial charge in [0, 0.05) is 23.4 Å². The fourth-order valence-electron chi connectivity index (χ4n) is 3.56. The van der Waals surface area contributed by atoms with E-state index in [-0.39, 0.29) is 28.6 Å². The van der Waals surface area contributed by atoms with Crippen LogP contribution >= 0.6 is 15.9 Å². The number of anilines is 2.